The first-order valence-corrected chi connectivity index (χ1v) is 8.05. The Bertz CT molecular complexity index is 862. The summed E-state index contributed by atoms with van der Waals surface area (Å²) in [6.07, 6.45) is 6.45. The fourth-order valence-corrected chi connectivity index (χ4v) is 3.27. The quantitative estimate of drug-likeness (QED) is 0.825. The van der Waals surface area contributed by atoms with Gasteiger partial charge in [0.05, 0.1) is 13.7 Å². The van der Waals surface area contributed by atoms with Crippen LogP contribution in [0, 0.1) is 0 Å². The van der Waals surface area contributed by atoms with Gasteiger partial charge < -0.3 is 9.47 Å². The van der Waals surface area contributed by atoms with E-state index in [0.29, 0.717) is 12.4 Å². The van der Waals surface area contributed by atoms with Crippen molar-refractivity contribution in [2.45, 2.75) is 12.5 Å². The SMILES string of the molecule is COc1ccc(C2=NCC3(C=C(C)C=Cc4ccccc43)O2)cc1. The molecule has 0 saturated heterocycles. The van der Waals surface area contributed by atoms with Crippen molar-refractivity contribution in [1.82, 2.24) is 0 Å². The Hall–Kier alpha value is -2.81. The zero-order valence-corrected chi connectivity index (χ0v) is 13.8. The minimum Gasteiger partial charge on any atom is -0.497 e. The van der Waals surface area contributed by atoms with Gasteiger partial charge in [0.2, 0.25) is 5.90 Å². The van der Waals surface area contributed by atoms with E-state index in [1.54, 1.807) is 7.11 Å². The van der Waals surface area contributed by atoms with E-state index >= 15 is 0 Å². The molecule has 0 N–H and O–H groups in total. The first-order valence-electron chi connectivity index (χ1n) is 8.05. The second-order valence-corrected chi connectivity index (χ2v) is 6.15. The molecule has 120 valence electrons. The van der Waals surface area contributed by atoms with Gasteiger partial charge in [-0.25, -0.2) is 4.99 Å². The van der Waals surface area contributed by atoms with Crippen molar-refractivity contribution in [3.63, 3.8) is 0 Å². The Balaban J connectivity index is 1.72. The maximum atomic E-state index is 6.42. The Labute approximate surface area is 142 Å². The van der Waals surface area contributed by atoms with Crippen molar-refractivity contribution in [3.05, 3.63) is 82.9 Å². The lowest BCUT2D eigenvalue weighted by atomic mass is 9.90. The van der Waals surface area contributed by atoms with Gasteiger partial charge in [-0.05, 0) is 42.8 Å². The third-order valence-corrected chi connectivity index (χ3v) is 4.48. The van der Waals surface area contributed by atoms with Crippen LogP contribution in [-0.2, 0) is 10.3 Å². The van der Waals surface area contributed by atoms with E-state index in [-0.39, 0.29) is 0 Å². The lowest BCUT2D eigenvalue weighted by Gasteiger charge is -2.27. The average molecular weight is 317 g/mol. The Morgan fingerprint density at radius 2 is 1.83 bits per heavy atom. The van der Waals surface area contributed by atoms with E-state index in [9.17, 15) is 0 Å². The highest BCUT2D eigenvalue weighted by molar-refractivity contribution is 5.96. The smallest absolute Gasteiger partial charge is 0.217 e. The predicted molar refractivity (Wildman–Crippen MR) is 96.4 cm³/mol. The summed E-state index contributed by atoms with van der Waals surface area (Å²) in [5, 5.41) is 0. The zero-order chi connectivity index (χ0) is 16.6. The van der Waals surface area contributed by atoms with Crippen LogP contribution >= 0.6 is 0 Å². The topological polar surface area (TPSA) is 30.8 Å². The minimum atomic E-state index is -0.528. The van der Waals surface area contributed by atoms with E-state index in [0.717, 1.165) is 16.9 Å². The van der Waals surface area contributed by atoms with Gasteiger partial charge in [-0.3, -0.25) is 0 Å². The summed E-state index contributed by atoms with van der Waals surface area (Å²) < 4.78 is 11.6. The number of methoxy groups -OCH3 is 1. The molecule has 24 heavy (non-hydrogen) atoms. The van der Waals surface area contributed by atoms with E-state index < -0.39 is 5.60 Å². The number of rotatable bonds is 2. The van der Waals surface area contributed by atoms with Gasteiger partial charge in [-0.1, -0.05) is 42.0 Å². The Morgan fingerprint density at radius 3 is 2.62 bits per heavy atom. The number of allylic oxidation sites excluding steroid dienone is 2. The molecule has 2 aromatic rings. The molecule has 0 amide bonds. The molecule has 1 heterocycles. The third-order valence-electron chi connectivity index (χ3n) is 4.48. The van der Waals surface area contributed by atoms with Crippen LogP contribution in [0.15, 0.2) is 71.2 Å². The molecule has 0 saturated carbocycles. The molecule has 0 bridgehead atoms. The van der Waals surface area contributed by atoms with Gasteiger partial charge >= 0.3 is 0 Å². The van der Waals surface area contributed by atoms with E-state index in [4.69, 9.17) is 14.5 Å². The number of nitrogens with zero attached hydrogens (tertiary/aromatic N) is 1. The number of hydrogen-bond donors (Lipinski definition) is 0. The summed E-state index contributed by atoms with van der Waals surface area (Å²) in [6, 6.07) is 16.2. The Kier molecular flexibility index (Phi) is 3.49. The molecule has 3 nitrogen and oxygen atoms in total. The van der Waals surface area contributed by atoms with Crippen molar-refractivity contribution < 1.29 is 9.47 Å². The fraction of sp³-hybridized carbons (Fsp3) is 0.190. The van der Waals surface area contributed by atoms with Crippen molar-refractivity contribution in [3.8, 4) is 5.75 Å². The molecule has 4 rings (SSSR count). The van der Waals surface area contributed by atoms with Crippen molar-refractivity contribution in [2.24, 2.45) is 4.99 Å². The largest absolute Gasteiger partial charge is 0.497 e. The highest BCUT2D eigenvalue weighted by Crippen LogP contribution is 2.39. The van der Waals surface area contributed by atoms with Gasteiger partial charge in [0.25, 0.3) is 0 Å². The van der Waals surface area contributed by atoms with Crippen LogP contribution in [0.5, 0.6) is 5.75 Å². The summed E-state index contributed by atoms with van der Waals surface area (Å²) in [6.45, 7) is 2.68. The first kappa shape index (κ1) is 14.8. The molecule has 0 radical (unpaired) electrons. The average Bonchev–Trinajstić information content (AvgIpc) is 2.99. The second-order valence-electron chi connectivity index (χ2n) is 6.15. The highest BCUT2D eigenvalue weighted by Gasteiger charge is 2.40. The van der Waals surface area contributed by atoms with Crippen molar-refractivity contribution in [2.75, 3.05) is 13.7 Å². The van der Waals surface area contributed by atoms with Gasteiger partial charge in [0.1, 0.15) is 5.75 Å². The molecule has 1 atom stereocenters. The number of aliphatic imine (C=N–C) groups is 1. The number of hydrogen-bond acceptors (Lipinski definition) is 3. The van der Waals surface area contributed by atoms with Gasteiger partial charge in [-0.15, -0.1) is 0 Å². The van der Waals surface area contributed by atoms with Crippen LogP contribution in [0.4, 0.5) is 0 Å². The minimum absolute atomic E-state index is 0.528. The normalized spacial score (nSPS) is 21.6. The molecule has 1 aliphatic heterocycles. The molecule has 1 unspecified atom stereocenters. The third kappa shape index (κ3) is 2.42. The summed E-state index contributed by atoms with van der Waals surface area (Å²) in [4.78, 5) is 4.69. The zero-order valence-electron chi connectivity index (χ0n) is 13.8. The standard InChI is InChI=1S/C21H19NO2/c1-15-7-8-16-5-3-4-6-19(16)21(13-15)14-22-20(24-21)17-9-11-18(23-2)12-10-17/h3-13H,14H2,1-2H3. The fourth-order valence-electron chi connectivity index (χ4n) is 3.27. The van der Waals surface area contributed by atoms with Crippen LogP contribution < -0.4 is 4.74 Å². The van der Waals surface area contributed by atoms with Crippen LogP contribution in [0.2, 0.25) is 0 Å². The summed E-state index contributed by atoms with van der Waals surface area (Å²) >= 11 is 0. The van der Waals surface area contributed by atoms with E-state index in [2.05, 4.69) is 49.4 Å². The number of fused-ring (bicyclic) bond motifs is 2. The molecule has 0 fully saturated rings. The molecule has 2 aliphatic rings. The highest BCUT2D eigenvalue weighted by atomic mass is 16.5. The molecule has 2 aromatic carbocycles. The van der Waals surface area contributed by atoms with Gasteiger partial charge in [0.15, 0.2) is 5.60 Å². The van der Waals surface area contributed by atoms with E-state index in [1.807, 2.05) is 24.3 Å². The second kappa shape index (κ2) is 5.68. The van der Waals surface area contributed by atoms with Crippen LogP contribution in [-0.4, -0.2) is 19.6 Å². The summed E-state index contributed by atoms with van der Waals surface area (Å²) in [5.41, 5.74) is 3.95. The number of ether oxygens (including phenoxy) is 2. The van der Waals surface area contributed by atoms with Crippen molar-refractivity contribution >= 4 is 12.0 Å². The number of benzene rings is 2. The molecule has 1 aliphatic carbocycles. The molecular formula is C21H19NO2. The van der Waals surface area contributed by atoms with Crippen LogP contribution in [0.3, 0.4) is 0 Å². The first-order chi connectivity index (χ1) is 11.7. The molecule has 0 aromatic heterocycles. The lowest BCUT2D eigenvalue weighted by molar-refractivity contribution is 0.141. The molecule has 3 heteroatoms. The predicted octanol–water partition coefficient (Wildman–Crippen LogP) is 4.34. The Morgan fingerprint density at radius 1 is 1.04 bits per heavy atom. The monoisotopic (exact) mass is 317 g/mol. The summed E-state index contributed by atoms with van der Waals surface area (Å²) in [5.74, 6) is 1.50. The van der Waals surface area contributed by atoms with Crippen LogP contribution in [0.25, 0.3) is 6.08 Å². The van der Waals surface area contributed by atoms with Crippen molar-refractivity contribution in [1.29, 1.82) is 0 Å². The molecular weight excluding hydrogens is 298 g/mol. The van der Waals surface area contributed by atoms with Gasteiger partial charge in [-0.2, -0.15) is 0 Å². The van der Waals surface area contributed by atoms with E-state index in [1.165, 1.54) is 11.1 Å². The maximum absolute atomic E-state index is 6.42. The molecule has 1 spiro atoms. The van der Waals surface area contributed by atoms with Crippen LogP contribution in [0.1, 0.15) is 23.6 Å². The lowest BCUT2D eigenvalue weighted by Crippen LogP contribution is -2.29. The summed E-state index contributed by atoms with van der Waals surface area (Å²) in [7, 11) is 1.66. The maximum Gasteiger partial charge on any atom is 0.217 e. The van der Waals surface area contributed by atoms with Gasteiger partial charge in [0, 0.05) is 11.1 Å².